The molecular formula is C19H21ClF2N8. The average molecular weight is 435 g/mol. The monoisotopic (exact) mass is 434 g/mol. The standard InChI is InChI=1S/C19H21ClF2N8/c20-18-23-5-1-15(27-18)29-8-4-19(12-29)2-6-28(7-3-19)16-10-24-13-9-25-30(11-14(21)22)17(13)26-16/h1,5,9-10,14H,2-4,6-8,11-12H2. The minimum Gasteiger partial charge on any atom is -0.356 e. The van der Waals surface area contributed by atoms with E-state index >= 15 is 0 Å². The first-order chi connectivity index (χ1) is 14.5. The fourth-order valence-electron chi connectivity index (χ4n) is 4.51. The van der Waals surface area contributed by atoms with Crippen LogP contribution in [0.25, 0.3) is 11.2 Å². The molecule has 2 aliphatic rings. The third kappa shape index (κ3) is 3.64. The predicted molar refractivity (Wildman–Crippen MR) is 109 cm³/mol. The molecule has 0 N–H and O–H groups in total. The quantitative estimate of drug-likeness (QED) is 0.584. The number of anilines is 2. The highest BCUT2D eigenvalue weighted by molar-refractivity contribution is 6.28. The fourth-order valence-corrected chi connectivity index (χ4v) is 4.65. The minimum absolute atomic E-state index is 0.239. The smallest absolute Gasteiger partial charge is 0.258 e. The van der Waals surface area contributed by atoms with Gasteiger partial charge in [-0.15, -0.1) is 0 Å². The van der Waals surface area contributed by atoms with Crippen molar-refractivity contribution in [3.05, 3.63) is 29.9 Å². The van der Waals surface area contributed by atoms with Gasteiger partial charge in [-0.1, -0.05) is 0 Å². The summed E-state index contributed by atoms with van der Waals surface area (Å²) in [6.45, 7) is 3.11. The van der Waals surface area contributed by atoms with Crippen LogP contribution in [0.1, 0.15) is 19.3 Å². The number of halogens is 3. The molecule has 5 rings (SSSR count). The number of rotatable bonds is 4. The van der Waals surface area contributed by atoms with Crippen molar-refractivity contribution in [3.8, 4) is 0 Å². The Balaban J connectivity index is 1.28. The molecule has 11 heteroatoms. The van der Waals surface area contributed by atoms with Crippen molar-refractivity contribution in [2.75, 3.05) is 36.0 Å². The van der Waals surface area contributed by atoms with Crippen LogP contribution in [-0.4, -0.2) is 62.3 Å². The second-order valence-electron chi connectivity index (χ2n) is 8.00. The molecule has 3 aromatic heterocycles. The largest absolute Gasteiger partial charge is 0.356 e. The lowest BCUT2D eigenvalue weighted by Gasteiger charge is -2.39. The minimum atomic E-state index is -2.48. The molecule has 0 saturated carbocycles. The van der Waals surface area contributed by atoms with Crippen molar-refractivity contribution in [2.24, 2.45) is 5.41 Å². The Hall–Kier alpha value is -2.62. The summed E-state index contributed by atoms with van der Waals surface area (Å²) >= 11 is 5.94. The number of piperidine rings is 1. The Labute approximate surface area is 176 Å². The van der Waals surface area contributed by atoms with Gasteiger partial charge in [0.25, 0.3) is 6.43 Å². The zero-order chi connectivity index (χ0) is 20.7. The van der Waals surface area contributed by atoms with Crippen LogP contribution in [-0.2, 0) is 6.54 Å². The summed E-state index contributed by atoms with van der Waals surface area (Å²) in [7, 11) is 0. The van der Waals surface area contributed by atoms with Crippen molar-refractivity contribution in [2.45, 2.75) is 32.2 Å². The summed E-state index contributed by atoms with van der Waals surface area (Å²) in [5, 5.41) is 4.26. The highest BCUT2D eigenvalue weighted by Crippen LogP contribution is 2.42. The summed E-state index contributed by atoms with van der Waals surface area (Å²) in [6, 6.07) is 1.90. The fraction of sp³-hybridized carbons (Fsp3) is 0.526. The molecule has 0 radical (unpaired) electrons. The van der Waals surface area contributed by atoms with Gasteiger partial charge in [0.05, 0.1) is 12.4 Å². The Morgan fingerprint density at radius 2 is 1.77 bits per heavy atom. The zero-order valence-electron chi connectivity index (χ0n) is 16.3. The highest BCUT2D eigenvalue weighted by atomic mass is 35.5. The summed E-state index contributed by atoms with van der Waals surface area (Å²) in [5.74, 6) is 1.59. The molecule has 0 unspecified atom stereocenters. The Morgan fingerprint density at radius 1 is 1.00 bits per heavy atom. The summed E-state index contributed by atoms with van der Waals surface area (Å²) in [4.78, 5) is 21.7. The van der Waals surface area contributed by atoms with E-state index in [0.29, 0.717) is 17.0 Å². The van der Waals surface area contributed by atoms with Gasteiger partial charge in [-0.25, -0.2) is 33.4 Å². The Morgan fingerprint density at radius 3 is 2.50 bits per heavy atom. The topological polar surface area (TPSA) is 75.9 Å². The second kappa shape index (κ2) is 7.57. The summed E-state index contributed by atoms with van der Waals surface area (Å²) < 4.78 is 26.8. The van der Waals surface area contributed by atoms with Crippen molar-refractivity contribution in [3.63, 3.8) is 0 Å². The third-order valence-corrected chi connectivity index (χ3v) is 6.35. The van der Waals surface area contributed by atoms with Gasteiger partial charge in [0.1, 0.15) is 23.7 Å². The van der Waals surface area contributed by atoms with Crippen molar-refractivity contribution in [1.29, 1.82) is 0 Å². The van der Waals surface area contributed by atoms with E-state index in [4.69, 9.17) is 11.6 Å². The van der Waals surface area contributed by atoms with Crippen molar-refractivity contribution < 1.29 is 8.78 Å². The first-order valence-corrected chi connectivity index (χ1v) is 10.3. The Bertz CT molecular complexity index is 1050. The predicted octanol–water partition coefficient (Wildman–Crippen LogP) is 3.03. The van der Waals surface area contributed by atoms with Crippen LogP contribution in [0.4, 0.5) is 20.4 Å². The summed E-state index contributed by atoms with van der Waals surface area (Å²) in [6.07, 6.45) is 5.55. The van der Waals surface area contributed by atoms with Crippen LogP contribution in [0.5, 0.6) is 0 Å². The van der Waals surface area contributed by atoms with E-state index in [2.05, 4.69) is 34.8 Å². The number of fused-ring (bicyclic) bond motifs is 1. The Kier molecular flexibility index (Phi) is 4.88. The number of nitrogens with zero attached hydrogens (tertiary/aromatic N) is 8. The lowest BCUT2D eigenvalue weighted by molar-refractivity contribution is 0.123. The van der Waals surface area contributed by atoms with Gasteiger partial charge in [-0.2, -0.15) is 5.10 Å². The van der Waals surface area contributed by atoms with Gasteiger partial charge >= 0.3 is 0 Å². The van der Waals surface area contributed by atoms with E-state index in [0.717, 1.165) is 51.3 Å². The molecule has 0 aromatic carbocycles. The van der Waals surface area contributed by atoms with Crippen LogP contribution >= 0.6 is 11.6 Å². The van der Waals surface area contributed by atoms with Crippen LogP contribution < -0.4 is 9.80 Å². The van der Waals surface area contributed by atoms with Crippen molar-refractivity contribution >= 4 is 34.4 Å². The van der Waals surface area contributed by atoms with Crippen LogP contribution in [0, 0.1) is 5.41 Å². The van der Waals surface area contributed by atoms with E-state index in [-0.39, 0.29) is 10.7 Å². The first-order valence-electron chi connectivity index (χ1n) is 9.97. The van der Waals surface area contributed by atoms with E-state index in [1.807, 2.05) is 6.07 Å². The second-order valence-corrected chi connectivity index (χ2v) is 8.34. The van der Waals surface area contributed by atoms with Crippen LogP contribution in [0.2, 0.25) is 5.28 Å². The average Bonchev–Trinajstić information content (AvgIpc) is 3.33. The van der Waals surface area contributed by atoms with Gasteiger partial charge in [0.15, 0.2) is 5.65 Å². The molecule has 30 heavy (non-hydrogen) atoms. The van der Waals surface area contributed by atoms with Gasteiger partial charge < -0.3 is 9.80 Å². The molecule has 0 atom stereocenters. The molecule has 2 aliphatic heterocycles. The normalized spacial score (nSPS) is 18.8. The van der Waals surface area contributed by atoms with Crippen molar-refractivity contribution in [1.82, 2.24) is 29.7 Å². The van der Waals surface area contributed by atoms with Gasteiger partial charge in [0.2, 0.25) is 5.28 Å². The maximum atomic E-state index is 12.8. The van der Waals surface area contributed by atoms with Gasteiger partial charge in [0, 0.05) is 32.4 Å². The van der Waals surface area contributed by atoms with E-state index in [1.54, 1.807) is 12.4 Å². The van der Waals surface area contributed by atoms with E-state index < -0.39 is 13.0 Å². The highest BCUT2D eigenvalue weighted by Gasteiger charge is 2.41. The van der Waals surface area contributed by atoms with Crippen LogP contribution in [0.15, 0.2) is 24.7 Å². The van der Waals surface area contributed by atoms with E-state index in [9.17, 15) is 8.78 Å². The number of hydrogen-bond acceptors (Lipinski definition) is 7. The molecule has 2 saturated heterocycles. The zero-order valence-corrected chi connectivity index (χ0v) is 17.0. The molecule has 0 bridgehead atoms. The number of alkyl halides is 2. The number of aromatic nitrogens is 6. The van der Waals surface area contributed by atoms with Crippen LogP contribution in [0.3, 0.4) is 0 Å². The molecule has 3 aromatic rings. The lowest BCUT2D eigenvalue weighted by Crippen LogP contribution is -2.42. The number of hydrogen-bond donors (Lipinski definition) is 0. The SMILES string of the molecule is FC(F)Cn1ncc2ncc(N3CCC4(CCN(c5ccnc(Cl)n5)C4)CC3)nc21. The maximum absolute atomic E-state index is 12.8. The molecule has 8 nitrogen and oxygen atoms in total. The van der Waals surface area contributed by atoms with E-state index in [1.165, 1.54) is 10.9 Å². The molecule has 0 aliphatic carbocycles. The molecule has 158 valence electrons. The van der Waals surface area contributed by atoms with Gasteiger partial charge in [-0.3, -0.25) is 0 Å². The molecule has 2 fully saturated rings. The molecule has 0 amide bonds. The first kappa shape index (κ1) is 19.3. The summed E-state index contributed by atoms with van der Waals surface area (Å²) in [5.41, 5.74) is 1.17. The maximum Gasteiger partial charge on any atom is 0.258 e. The lowest BCUT2D eigenvalue weighted by atomic mass is 9.78. The molecule has 1 spiro atoms. The molecular weight excluding hydrogens is 414 g/mol. The molecule has 5 heterocycles. The van der Waals surface area contributed by atoms with Gasteiger partial charge in [-0.05, 0) is 42.3 Å². The third-order valence-electron chi connectivity index (χ3n) is 6.17.